The molecule has 3 atom stereocenters. The van der Waals surface area contributed by atoms with Crippen LogP contribution in [0.25, 0.3) is 0 Å². The van der Waals surface area contributed by atoms with Crippen molar-refractivity contribution in [2.45, 2.75) is 11.6 Å². The largest absolute Gasteiger partial charge is 0.438 e. The minimum Gasteiger partial charge on any atom is -0.438 e. The van der Waals surface area contributed by atoms with Crippen LogP contribution in [0.15, 0.2) is 48.5 Å². The maximum Gasteiger partial charge on any atom is 0.227 e. The number of ether oxygens (including phenoxy) is 1. The Hall–Kier alpha value is -3.78. The SMILES string of the molecule is N#Cc1c(N)nc2c3c1N[C@@](O)(c1ccccc1)[C@@H](C#N)[C@@H]3c1cc(Cl)ccc1O2. The minimum absolute atomic E-state index is 0.0271. The van der Waals surface area contributed by atoms with Crippen molar-refractivity contribution in [1.82, 2.24) is 4.98 Å². The summed E-state index contributed by atoms with van der Waals surface area (Å²) in [6, 6.07) is 18.2. The van der Waals surface area contributed by atoms with E-state index in [-0.39, 0.29) is 17.3 Å². The second-order valence-corrected chi connectivity index (χ2v) is 7.64. The third kappa shape index (κ3) is 2.37. The van der Waals surface area contributed by atoms with Crippen LogP contribution in [0.3, 0.4) is 0 Å². The molecule has 0 fully saturated rings. The summed E-state index contributed by atoms with van der Waals surface area (Å²) in [6.07, 6.45) is 0. The normalized spacial score (nSPS) is 23.1. The Morgan fingerprint density at radius 3 is 2.67 bits per heavy atom. The second kappa shape index (κ2) is 6.36. The summed E-state index contributed by atoms with van der Waals surface area (Å²) in [5.41, 5.74) is 6.23. The summed E-state index contributed by atoms with van der Waals surface area (Å²) in [5, 5.41) is 35.2. The van der Waals surface area contributed by atoms with Gasteiger partial charge in [-0.15, -0.1) is 0 Å². The van der Waals surface area contributed by atoms with Gasteiger partial charge in [0.25, 0.3) is 0 Å². The van der Waals surface area contributed by atoms with Gasteiger partial charge in [-0.05, 0) is 18.2 Å². The van der Waals surface area contributed by atoms with Gasteiger partial charge in [0.05, 0.1) is 11.8 Å². The molecule has 3 heterocycles. The molecule has 30 heavy (non-hydrogen) atoms. The molecule has 2 aromatic carbocycles. The smallest absolute Gasteiger partial charge is 0.227 e. The molecule has 5 rings (SSSR count). The van der Waals surface area contributed by atoms with Crippen molar-refractivity contribution >= 4 is 23.1 Å². The number of hydrogen-bond acceptors (Lipinski definition) is 7. The van der Waals surface area contributed by atoms with Crippen molar-refractivity contribution in [3.05, 3.63) is 75.8 Å². The van der Waals surface area contributed by atoms with Gasteiger partial charge in [0.1, 0.15) is 29.1 Å². The monoisotopic (exact) mass is 415 g/mol. The lowest BCUT2D eigenvalue weighted by Gasteiger charge is -2.46. The Morgan fingerprint density at radius 1 is 1.20 bits per heavy atom. The Labute approximate surface area is 176 Å². The zero-order chi connectivity index (χ0) is 21.0. The zero-order valence-electron chi connectivity index (χ0n) is 15.4. The fraction of sp³-hybridized carbons (Fsp3) is 0.136. The number of nitrogens with two attached hydrogens (primary N) is 1. The molecule has 0 bridgehead atoms. The number of aliphatic hydroxyl groups is 1. The quantitative estimate of drug-likeness (QED) is 0.550. The van der Waals surface area contributed by atoms with Gasteiger partial charge >= 0.3 is 0 Å². The van der Waals surface area contributed by atoms with Gasteiger partial charge in [-0.1, -0.05) is 41.9 Å². The molecule has 2 aliphatic rings. The molecule has 0 amide bonds. The van der Waals surface area contributed by atoms with Crippen LogP contribution < -0.4 is 15.8 Å². The molecule has 0 saturated carbocycles. The highest BCUT2D eigenvalue weighted by molar-refractivity contribution is 6.30. The third-order valence-corrected chi connectivity index (χ3v) is 5.85. The molecule has 2 aliphatic heterocycles. The summed E-state index contributed by atoms with van der Waals surface area (Å²) in [5.74, 6) is -0.972. The van der Waals surface area contributed by atoms with Gasteiger partial charge in [0.2, 0.25) is 5.88 Å². The van der Waals surface area contributed by atoms with Crippen molar-refractivity contribution < 1.29 is 9.84 Å². The van der Waals surface area contributed by atoms with Gasteiger partial charge < -0.3 is 20.9 Å². The van der Waals surface area contributed by atoms with Gasteiger partial charge in [0, 0.05) is 27.6 Å². The molecule has 0 spiro atoms. The Bertz CT molecular complexity index is 1280. The van der Waals surface area contributed by atoms with E-state index in [0.29, 0.717) is 33.1 Å². The van der Waals surface area contributed by atoms with Crippen LogP contribution in [0.1, 0.15) is 28.2 Å². The second-order valence-electron chi connectivity index (χ2n) is 7.20. The van der Waals surface area contributed by atoms with Crippen LogP contribution in [0.2, 0.25) is 5.02 Å². The topological polar surface area (TPSA) is 128 Å². The van der Waals surface area contributed by atoms with E-state index in [0.717, 1.165) is 0 Å². The van der Waals surface area contributed by atoms with E-state index < -0.39 is 17.6 Å². The van der Waals surface area contributed by atoms with E-state index in [9.17, 15) is 15.6 Å². The number of hydrogen-bond donors (Lipinski definition) is 3. The summed E-state index contributed by atoms with van der Waals surface area (Å²) < 4.78 is 5.94. The number of nitrogens with one attached hydrogen (secondary N) is 1. The highest BCUT2D eigenvalue weighted by atomic mass is 35.5. The highest BCUT2D eigenvalue weighted by Gasteiger charge is 2.53. The van der Waals surface area contributed by atoms with Gasteiger partial charge in [-0.25, -0.2) is 0 Å². The molecule has 146 valence electrons. The number of anilines is 2. The van der Waals surface area contributed by atoms with Crippen LogP contribution in [-0.4, -0.2) is 10.1 Å². The molecular weight excluding hydrogens is 402 g/mol. The number of pyridine rings is 1. The number of nitriles is 2. The van der Waals surface area contributed by atoms with Crippen LogP contribution in [0, 0.1) is 28.6 Å². The number of nitrogen functional groups attached to an aromatic ring is 1. The molecule has 3 aromatic rings. The van der Waals surface area contributed by atoms with Gasteiger partial charge in [-0.3, -0.25) is 0 Å². The average Bonchev–Trinajstić information content (AvgIpc) is 2.74. The van der Waals surface area contributed by atoms with Crippen molar-refractivity contribution in [3.8, 4) is 23.8 Å². The zero-order valence-corrected chi connectivity index (χ0v) is 16.2. The first-order valence-electron chi connectivity index (χ1n) is 9.14. The first kappa shape index (κ1) is 18.3. The van der Waals surface area contributed by atoms with Crippen LogP contribution in [-0.2, 0) is 5.72 Å². The maximum atomic E-state index is 11.8. The molecule has 0 aliphatic carbocycles. The number of aromatic nitrogens is 1. The number of benzene rings is 2. The third-order valence-electron chi connectivity index (χ3n) is 5.62. The molecule has 7 nitrogen and oxygen atoms in total. The van der Waals surface area contributed by atoms with Gasteiger partial charge in [0.15, 0.2) is 5.72 Å². The van der Waals surface area contributed by atoms with E-state index in [4.69, 9.17) is 22.1 Å². The molecule has 8 heteroatoms. The predicted octanol–water partition coefficient (Wildman–Crippen LogP) is 3.84. The van der Waals surface area contributed by atoms with Crippen LogP contribution >= 0.6 is 11.6 Å². The van der Waals surface area contributed by atoms with E-state index in [2.05, 4.69) is 22.4 Å². The fourth-order valence-corrected chi connectivity index (χ4v) is 4.47. The first-order chi connectivity index (χ1) is 14.5. The summed E-state index contributed by atoms with van der Waals surface area (Å²) in [4.78, 5) is 4.26. The van der Waals surface area contributed by atoms with E-state index in [1.54, 1.807) is 42.5 Å². The van der Waals surface area contributed by atoms with Gasteiger partial charge in [-0.2, -0.15) is 15.5 Å². The molecule has 4 N–H and O–H groups in total. The maximum absolute atomic E-state index is 11.8. The lowest BCUT2D eigenvalue weighted by atomic mass is 9.69. The number of rotatable bonds is 1. The Kier molecular flexibility index (Phi) is 3.87. The van der Waals surface area contributed by atoms with Crippen molar-refractivity contribution in [2.75, 3.05) is 11.1 Å². The standard InChI is InChI=1S/C22H14ClN5O2/c23-12-6-7-16-13(8-12)17-15(10-25)22(29,11-4-2-1-3-5-11)28-19-14(9-24)20(26)27-21(30-16)18(17)19/h1-8,15,17,28-29H,(H2,26,27)/t15-,17-,22+/m0/s1. The Morgan fingerprint density at radius 2 is 1.97 bits per heavy atom. The molecule has 1 aromatic heterocycles. The summed E-state index contributed by atoms with van der Waals surface area (Å²) in [7, 11) is 0. The lowest BCUT2D eigenvalue weighted by molar-refractivity contribution is 0.0138. The Balaban J connectivity index is 1.87. The molecular formula is C22H14ClN5O2. The predicted molar refractivity (Wildman–Crippen MR) is 110 cm³/mol. The van der Waals surface area contributed by atoms with Crippen molar-refractivity contribution in [1.29, 1.82) is 10.5 Å². The lowest BCUT2D eigenvalue weighted by Crippen LogP contribution is -2.49. The fourth-order valence-electron chi connectivity index (χ4n) is 4.29. The van der Waals surface area contributed by atoms with Crippen LogP contribution in [0.5, 0.6) is 11.6 Å². The first-order valence-corrected chi connectivity index (χ1v) is 9.52. The molecule has 0 radical (unpaired) electrons. The molecule has 0 saturated heterocycles. The minimum atomic E-state index is -1.79. The summed E-state index contributed by atoms with van der Waals surface area (Å²) >= 11 is 6.24. The summed E-state index contributed by atoms with van der Waals surface area (Å²) in [6.45, 7) is 0. The van der Waals surface area contributed by atoms with E-state index in [1.165, 1.54) is 0 Å². The average molecular weight is 416 g/mol. The van der Waals surface area contributed by atoms with Crippen LogP contribution in [0.4, 0.5) is 11.5 Å². The van der Waals surface area contributed by atoms with Crippen molar-refractivity contribution in [2.24, 2.45) is 5.92 Å². The van der Waals surface area contributed by atoms with E-state index >= 15 is 0 Å². The number of fused-ring (bicyclic) bond motifs is 2. The van der Waals surface area contributed by atoms with E-state index in [1.807, 2.05) is 6.07 Å². The number of nitrogens with zero attached hydrogens (tertiary/aromatic N) is 3. The molecule has 0 unspecified atom stereocenters. The highest BCUT2D eigenvalue weighted by Crippen LogP contribution is 2.58. The number of halogens is 1. The van der Waals surface area contributed by atoms with Crippen molar-refractivity contribution in [3.63, 3.8) is 0 Å².